The molecule has 2 N–H and O–H groups in total. The summed E-state index contributed by atoms with van der Waals surface area (Å²) in [7, 11) is 0. The van der Waals surface area contributed by atoms with Crippen LogP contribution in [0.4, 0.5) is 11.8 Å². The van der Waals surface area contributed by atoms with Gasteiger partial charge in [0.15, 0.2) is 5.58 Å². The van der Waals surface area contributed by atoms with E-state index in [0.717, 1.165) is 24.6 Å². The SMILES string of the molecule is Cc1cc(N2CCCCC2)nc(NCCNC(=O)Cn2c(=O)oc3ccccc32)n1. The number of rotatable bonds is 7. The van der Waals surface area contributed by atoms with E-state index in [4.69, 9.17) is 4.42 Å². The van der Waals surface area contributed by atoms with Crippen molar-refractivity contribution in [3.8, 4) is 0 Å². The summed E-state index contributed by atoms with van der Waals surface area (Å²) in [6, 6.07) is 9.05. The zero-order chi connectivity index (χ0) is 20.9. The summed E-state index contributed by atoms with van der Waals surface area (Å²) >= 11 is 0. The van der Waals surface area contributed by atoms with E-state index in [0.29, 0.717) is 30.1 Å². The molecule has 3 aromatic rings. The Morgan fingerprint density at radius 2 is 1.93 bits per heavy atom. The minimum Gasteiger partial charge on any atom is -0.408 e. The van der Waals surface area contributed by atoms with Crippen molar-refractivity contribution < 1.29 is 9.21 Å². The molecular weight excluding hydrogens is 384 g/mol. The summed E-state index contributed by atoms with van der Waals surface area (Å²) in [5.41, 5.74) is 1.98. The van der Waals surface area contributed by atoms with Gasteiger partial charge in [-0.1, -0.05) is 12.1 Å². The molecule has 1 aliphatic rings. The van der Waals surface area contributed by atoms with Crippen molar-refractivity contribution in [2.24, 2.45) is 0 Å². The number of para-hydroxylation sites is 2. The molecule has 4 rings (SSSR count). The quantitative estimate of drug-likeness (QED) is 0.573. The zero-order valence-corrected chi connectivity index (χ0v) is 17.1. The highest BCUT2D eigenvalue weighted by molar-refractivity contribution is 5.79. The predicted octanol–water partition coefficient (Wildman–Crippen LogP) is 1.91. The topological polar surface area (TPSA) is 105 Å². The molecule has 1 saturated heterocycles. The minimum absolute atomic E-state index is 0.0874. The second-order valence-electron chi connectivity index (χ2n) is 7.44. The number of hydrogen-bond acceptors (Lipinski definition) is 7. The minimum atomic E-state index is -0.539. The van der Waals surface area contributed by atoms with Crippen molar-refractivity contribution in [3.05, 3.63) is 46.6 Å². The van der Waals surface area contributed by atoms with Crippen molar-refractivity contribution in [2.75, 3.05) is 36.4 Å². The average molecular weight is 410 g/mol. The number of hydrogen-bond donors (Lipinski definition) is 2. The van der Waals surface area contributed by atoms with E-state index in [9.17, 15) is 9.59 Å². The van der Waals surface area contributed by atoms with E-state index in [1.807, 2.05) is 13.0 Å². The Kier molecular flexibility index (Phi) is 5.97. The zero-order valence-electron chi connectivity index (χ0n) is 17.1. The van der Waals surface area contributed by atoms with E-state index >= 15 is 0 Å². The summed E-state index contributed by atoms with van der Waals surface area (Å²) < 4.78 is 6.48. The van der Waals surface area contributed by atoms with E-state index in [2.05, 4.69) is 25.5 Å². The highest BCUT2D eigenvalue weighted by Crippen LogP contribution is 2.19. The van der Waals surface area contributed by atoms with Crippen molar-refractivity contribution >= 4 is 28.8 Å². The van der Waals surface area contributed by atoms with Crippen LogP contribution in [0.2, 0.25) is 0 Å². The third-order valence-electron chi connectivity index (χ3n) is 5.13. The molecule has 30 heavy (non-hydrogen) atoms. The van der Waals surface area contributed by atoms with Gasteiger partial charge in [-0.3, -0.25) is 9.36 Å². The molecule has 1 fully saturated rings. The summed E-state index contributed by atoms with van der Waals surface area (Å²) in [5.74, 6) is 0.703. The molecular formula is C21H26N6O3. The number of nitrogens with zero attached hydrogens (tertiary/aromatic N) is 4. The molecule has 158 valence electrons. The molecule has 0 radical (unpaired) electrons. The summed E-state index contributed by atoms with van der Waals surface area (Å²) in [6.07, 6.45) is 3.64. The molecule has 1 amide bonds. The van der Waals surface area contributed by atoms with Gasteiger partial charge in [0.2, 0.25) is 11.9 Å². The maximum Gasteiger partial charge on any atom is 0.420 e. The van der Waals surface area contributed by atoms with E-state index in [1.54, 1.807) is 24.3 Å². The van der Waals surface area contributed by atoms with Gasteiger partial charge in [-0.2, -0.15) is 4.98 Å². The Bertz CT molecular complexity index is 1080. The molecule has 0 atom stereocenters. The van der Waals surface area contributed by atoms with Crippen LogP contribution in [0.5, 0.6) is 0 Å². The summed E-state index contributed by atoms with van der Waals surface area (Å²) in [6.45, 7) is 4.78. The van der Waals surface area contributed by atoms with Crippen molar-refractivity contribution in [1.82, 2.24) is 19.9 Å². The van der Waals surface area contributed by atoms with Gasteiger partial charge in [0.05, 0.1) is 5.52 Å². The number of aromatic nitrogens is 3. The van der Waals surface area contributed by atoms with Gasteiger partial charge < -0.3 is 20.0 Å². The van der Waals surface area contributed by atoms with Gasteiger partial charge in [-0.05, 0) is 38.3 Å². The Balaban J connectivity index is 1.29. The van der Waals surface area contributed by atoms with Crippen LogP contribution in [-0.2, 0) is 11.3 Å². The molecule has 0 bridgehead atoms. The number of fused-ring (bicyclic) bond motifs is 1. The first-order valence-electron chi connectivity index (χ1n) is 10.3. The smallest absolute Gasteiger partial charge is 0.408 e. The molecule has 0 aliphatic carbocycles. The Labute approximate surface area is 174 Å². The first kappa shape index (κ1) is 19.9. The highest BCUT2D eigenvalue weighted by atomic mass is 16.4. The number of amides is 1. The number of anilines is 2. The fraction of sp³-hybridized carbons (Fsp3) is 0.429. The first-order chi connectivity index (χ1) is 14.6. The summed E-state index contributed by atoms with van der Waals surface area (Å²) in [5, 5.41) is 5.98. The van der Waals surface area contributed by atoms with Crippen LogP contribution in [0.15, 0.2) is 39.5 Å². The first-order valence-corrected chi connectivity index (χ1v) is 10.3. The molecule has 2 aromatic heterocycles. The van der Waals surface area contributed by atoms with Gasteiger partial charge >= 0.3 is 5.76 Å². The molecule has 9 heteroatoms. The largest absolute Gasteiger partial charge is 0.420 e. The van der Waals surface area contributed by atoms with Crippen LogP contribution in [-0.4, -0.2) is 46.6 Å². The number of nitrogens with one attached hydrogen (secondary N) is 2. The third kappa shape index (κ3) is 4.61. The number of oxazole rings is 1. The Hall–Kier alpha value is -3.36. The standard InChI is InChI=1S/C21H26N6O3/c1-15-13-18(26-11-5-2-6-12-26)25-20(24-15)23-10-9-22-19(28)14-27-16-7-3-4-8-17(16)30-21(27)29/h3-4,7-8,13H,2,5-6,9-12,14H2,1H3,(H,22,28)(H,23,24,25). The highest BCUT2D eigenvalue weighted by Gasteiger charge is 2.14. The molecule has 3 heterocycles. The predicted molar refractivity (Wildman–Crippen MR) is 115 cm³/mol. The number of carbonyl (C=O) groups is 1. The van der Waals surface area contributed by atoms with Gasteiger partial charge in [0.25, 0.3) is 0 Å². The lowest BCUT2D eigenvalue weighted by Crippen LogP contribution is -2.34. The molecule has 0 saturated carbocycles. The molecule has 1 aliphatic heterocycles. The van der Waals surface area contributed by atoms with E-state index in [-0.39, 0.29) is 12.5 Å². The van der Waals surface area contributed by atoms with Crippen LogP contribution in [0.1, 0.15) is 25.0 Å². The van der Waals surface area contributed by atoms with Crippen LogP contribution in [0.3, 0.4) is 0 Å². The van der Waals surface area contributed by atoms with Crippen LogP contribution in [0, 0.1) is 6.92 Å². The molecule has 0 unspecified atom stereocenters. The van der Waals surface area contributed by atoms with Crippen molar-refractivity contribution in [3.63, 3.8) is 0 Å². The lowest BCUT2D eigenvalue weighted by Gasteiger charge is -2.28. The fourth-order valence-electron chi connectivity index (χ4n) is 3.66. The Morgan fingerprint density at radius 1 is 1.13 bits per heavy atom. The lowest BCUT2D eigenvalue weighted by molar-refractivity contribution is -0.121. The van der Waals surface area contributed by atoms with Crippen molar-refractivity contribution in [1.29, 1.82) is 0 Å². The number of benzene rings is 1. The molecule has 9 nitrogen and oxygen atoms in total. The van der Waals surface area contributed by atoms with Gasteiger partial charge in [-0.25, -0.2) is 9.78 Å². The molecule has 0 spiro atoms. The van der Waals surface area contributed by atoms with Crippen LogP contribution in [0.25, 0.3) is 11.1 Å². The number of piperidine rings is 1. The third-order valence-corrected chi connectivity index (χ3v) is 5.13. The number of aryl methyl sites for hydroxylation is 1. The second-order valence-corrected chi connectivity index (χ2v) is 7.44. The van der Waals surface area contributed by atoms with Crippen LogP contribution >= 0.6 is 0 Å². The lowest BCUT2D eigenvalue weighted by atomic mass is 10.1. The van der Waals surface area contributed by atoms with Gasteiger partial charge in [0.1, 0.15) is 12.4 Å². The van der Waals surface area contributed by atoms with Gasteiger partial charge in [-0.15, -0.1) is 0 Å². The van der Waals surface area contributed by atoms with E-state index < -0.39 is 5.76 Å². The normalized spacial score (nSPS) is 14.1. The maximum atomic E-state index is 12.3. The van der Waals surface area contributed by atoms with E-state index in [1.165, 1.54) is 23.8 Å². The molecule has 1 aromatic carbocycles. The summed E-state index contributed by atoms with van der Waals surface area (Å²) in [4.78, 5) is 35.6. The van der Waals surface area contributed by atoms with Crippen LogP contribution < -0.4 is 21.3 Å². The second kappa shape index (κ2) is 8.98. The monoisotopic (exact) mass is 410 g/mol. The van der Waals surface area contributed by atoms with Gasteiger partial charge in [0, 0.05) is 37.9 Å². The number of carbonyl (C=O) groups excluding carboxylic acids is 1. The maximum absolute atomic E-state index is 12.3. The Morgan fingerprint density at radius 3 is 2.77 bits per heavy atom. The van der Waals surface area contributed by atoms with Crippen molar-refractivity contribution in [2.45, 2.75) is 32.7 Å². The fourth-order valence-corrected chi connectivity index (χ4v) is 3.66. The average Bonchev–Trinajstić information content (AvgIpc) is 3.06.